The lowest BCUT2D eigenvalue weighted by atomic mass is 9.99. The highest BCUT2D eigenvalue weighted by Crippen LogP contribution is 2.27. The average Bonchev–Trinajstić information content (AvgIpc) is 2.38. The van der Waals surface area contributed by atoms with Crippen LogP contribution in [0.4, 0.5) is 4.39 Å². The molecule has 0 aliphatic heterocycles. The number of rotatable bonds is 3. The molecule has 0 unspecified atom stereocenters. The molecule has 0 aliphatic carbocycles. The van der Waals surface area contributed by atoms with Crippen LogP contribution in [0.5, 0.6) is 5.75 Å². The molecule has 0 aliphatic rings. The summed E-state index contributed by atoms with van der Waals surface area (Å²) in [7, 11) is 1.40. The van der Waals surface area contributed by atoms with Crippen molar-refractivity contribution in [2.45, 2.75) is 6.92 Å². The van der Waals surface area contributed by atoms with Crippen LogP contribution in [0, 0.1) is 12.7 Å². The van der Waals surface area contributed by atoms with E-state index >= 15 is 0 Å². The van der Waals surface area contributed by atoms with Crippen molar-refractivity contribution in [2.24, 2.45) is 0 Å². The molecule has 4 heteroatoms. The largest absolute Gasteiger partial charge is 0.494 e. The van der Waals surface area contributed by atoms with Crippen LogP contribution in [0.25, 0.3) is 11.1 Å². The van der Waals surface area contributed by atoms with Crippen LogP contribution < -0.4 is 4.74 Å². The summed E-state index contributed by atoms with van der Waals surface area (Å²) in [6.07, 6.45) is 0. The monoisotopic (exact) mass is 260 g/mol. The van der Waals surface area contributed by atoms with Crippen molar-refractivity contribution >= 4 is 5.97 Å². The highest BCUT2D eigenvalue weighted by molar-refractivity contribution is 5.91. The predicted octanol–water partition coefficient (Wildman–Crippen LogP) is 3.51. The van der Waals surface area contributed by atoms with Crippen molar-refractivity contribution in [3.63, 3.8) is 0 Å². The molecule has 0 fully saturated rings. The van der Waals surface area contributed by atoms with E-state index in [0.717, 1.165) is 0 Å². The topological polar surface area (TPSA) is 46.5 Å². The van der Waals surface area contributed by atoms with Gasteiger partial charge in [0.15, 0.2) is 11.6 Å². The molecule has 0 radical (unpaired) electrons. The van der Waals surface area contributed by atoms with Crippen LogP contribution in [-0.4, -0.2) is 18.2 Å². The molecule has 19 heavy (non-hydrogen) atoms. The van der Waals surface area contributed by atoms with E-state index in [1.807, 2.05) is 0 Å². The minimum Gasteiger partial charge on any atom is -0.494 e. The number of halogens is 1. The van der Waals surface area contributed by atoms with Crippen molar-refractivity contribution in [3.8, 4) is 16.9 Å². The van der Waals surface area contributed by atoms with Gasteiger partial charge in [-0.15, -0.1) is 0 Å². The Morgan fingerprint density at radius 2 is 1.79 bits per heavy atom. The number of aryl methyl sites for hydroxylation is 1. The predicted molar refractivity (Wildman–Crippen MR) is 70.1 cm³/mol. The number of benzene rings is 2. The minimum atomic E-state index is -0.992. The van der Waals surface area contributed by atoms with E-state index in [-0.39, 0.29) is 11.3 Å². The molecule has 0 bridgehead atoms. The first kappa shape index (κ1) is 13.1. The Hall–Kier alpha value is -2.36. The molecule has 98 valence electrons. The van der Waals surface area contributed by atoms with Crippen molar-refractivity contribution < 1.29 is 19.0 Å². The third kappa shape index (κ3) is 2.57. The lowest BCUT2D eigenvalue weighted by Crippen LogP contribution is -1.99. The number of ether oxygens (including phenoxy) is 1. The zero-order valence-corrected chi connectivity index (χ0v) is 10.6. The van der Waals surface area contributed by atoms with E-state index in [1.165, 1.54) is 19.2 Å². The maximum atomic E-state index is 13.6. The molecule has 0 saturated carbocycles. The molecule has 0 spiro atoms. The minimum absolute atomic E-state index is 0.161. The zero-order chi connectivity index (χ0) is 14.0. The number of carboxylic acids is 1. The summed E-state index contributed by atoms with van der Waals surface area (Å²) in [5.74, 6) is -1.31. The van der Waals surface area contributed by atoms with Crippen LogP contribution in [0.3, 0.4) is 0 Å². The Labute approximate surface area is 110 Å². The molecule has 1 N–H and O–H groups in total. The van der Waals surface area contributed by atoms with Gasteiger partial charge in [-0.3, -0.25) is 0 Å². The van der Waals surface area contributed by atoms with Crippen LogP contribution in [0.15, 0.2) is 36.4 Å². The van der Waals surface area contributed by atoms with Crippen LogP contribution in [0.1, 0.15) is 15.9 Å². The quantitative estimate of drug-likeness (QED) is 0.918. The second kappa shape index (κ2) is 5.10. The molecule has 0 aromatic heterocycles. The number of aromatic carboxylic acids is 1. The summed E-state index contributed by atoms with van der Waals surface area (Å²) in [6, 6.07) is 9.56. The fourth-order valence-corrected chi connectivity index (χ4v) is 1.88. The Morgan fingerprint density at radius 3 is 2.37 bits per heavy atom. The maximum absolute atomic E-state index is 13.6. The summed E-state index contributed by atoms with van der Waals surface area (Å²) in [5, 5.41) is 9.08. The number of carbonyl (C=O) groups is 1. The van der Waals surface area contributed by atoms with Crippen LogP contribution >= 0.6 is 0 Å². The zero-order valence-electron chi connectivity index (χ0n) is 10.6. The summed E-state index contributed by atoms with van der Waals surface area (Å²) >= 11 is 0. The Balaban J connectivity index is 2.50. The standard InChI is InChI=1S/C15H13FO3/c1-9-3-4-10(7-12(9)15(17)18)11-5-6-14(19-2)13(16)8-11/h3-8H,1-2H3,(H,17,18). The summed E-state index contributed by atoms with van der Waals surface area (Å²) in [4.78, 5) is 11.1. The first-order valence-corrected chi connectivity index (χ1v) is 5.71. The lowest BCUT2D eigenvalue weighted by molar-refractivity contribution is 0.0696. The van der Waals surface area contributed by atoms with Gasteiger partial charge in [-0.2, -0.15) is 0 Å². The van der Waals surface area contributed by atoms with Gasteiger partial charge in [0.1, 0.15) is 0 Å². The third-order valence-electron chi connectivity index (χ3n) is 2.95. The van der Waals surface area contributed by atoms with Crippen LogP contribution in [0.2, 0.25) is 0 Å². The molecular formula is C15H13FO3. The molecule has 0 saturated heterocycles. The van der Waals surface area contributed by atoms with E-state index in [4.69, 9.17) is 9.84 Å². The first-order chi connectivity index (χ1) is 9.02. The van der Waals surface area contributed by atoms with Gasteiger partial charge in [-0.25, -0.2) is 9.18 Å². The molecule has 0 atom stereocenters. The number of hydrogen-bond donors (Lipinski definition) is 1. The molecule has 2 aromatic rings. The van der Waals surface area contributed by atoms with Crippen molar-refractivity contribution in [1.82, 2.24) is 0 Å². The van der Waals surface area contributed by atoms with Gasteiger partial charge in [-0.1, -0.05) is 18.2 Å². The van der Waals surface area contributed by atoms with E-state index in [0.29, 0.717) is 16.7 Å². The summed E-state index contributed by atoms with van der Waals surface area (Å²) in [6.45, 7) is 1.72. The van der Waals surface area contributed by atoms with Gasteiger partial charge in [-0.05, 0) is 41.8 Å². The van der Waals surface area contributed by atoms with Crippen molar-refractivity contribution in [2.75, 3.05) is 7.11 Å². The molecule has 0 heterocycles. The molecule has 2 rings (SSSR count). The molecule has 3 nitrogen and oxygen atoms in total. The summed E-state index contributed by atoms with van der Waals surface area (Å²) in [5.41, 5.74) is 2.16. The average molecular weight is 260 g/mol. The highest BCUT2D eigenvalue weighted by Gasteiger charge is 2.10. The van der Waals surface area contributed by atoms with Crippen LogP contribution in [-0.2, 0) is 0 Å². The normalized spacial score (nSPS) is 10.3. The van der Waals surface area contributed by atoms with Gasteiger partial charge in [0.05, 0.1) is 12.7 Å². The van der Waals surface area contributed by atoms with Gasteiger partial charge in [0.25, 0.3) is 0 Å². The van der Waals surface area contributed by atoms with Gasteiger partial charge < -0.3 is 9.84 Å². The second-order valence-electron chi connectivity index (χ2n) is 4.18. The van der Waals surface area contributed by atoms with E-state index < -0.39 is 11.8 Å². The molecular weight excluding hydrogens is 247 g/mol. The van der Waals surface area contributed by atoms with Gasteiger partial charge in [0.2, 0.25) is 0 Å². The molecule has 2 aromatic carbocycles. The smallest absolute Gasteiger partial charge is 0.335 e. The molecule has 0 amide bonds. The summed E-state index contributed by atoms with van der Waals surface area (Å²) < 4.78 is 18.5. The lowest BCUT2D eigenvalue weighted by Gasteiger charge is -2.08. The second-order valence-corrected chi connectivity index (χ2v) is 4.18. The Kier molecular flexibility index (Phi) is 3.51. The van der Waals surface area contributed by atoms with Gasteiger partial charge in [0, 0.05) is 0 Å². The van der Waals surface area contributed by atoms with E-state index in [1.54, 1.807) is 31.2 Å². The van der Waals surface area contributed by atoms with Crippen molar-refractivity contribution in [1.29, 1.82) is 0 Å². The number of carboxylic acid groups (broad SMARTS) is 1. The number of methoxy groups -OCH3 is 1. The number of hydrogen-bond acceptors (Lipinski definition) is 2. The Bertz CT molecular complexity index is 635. The highest BCUT2D eigenvalue weighted by atomic mass is 19.1. The van der Waals surface area contributed by atoms with Crippen molar-refractivity contribution in [3.05, 3.63) is 53.3 Å². The first-order valence-electron chi connectivity index (χ1n) is 5.71. The Morgan fingerprint density at radius 1 is 1.16 bits per heavy atom. The van der Waals surface area contributed by atoms with Gasteiger partial charge >= 0.3 is 5.97 Å². The fourth-order valence-electron chi connectivity index (χ4n) is 1.88. The third-order valence-corrected chi connectivity index (χ3v) is 2.95. The maximum Gasteiger partial charge on any atom is 0.335 e. The van der Waals surface area contributed by atoms with E-state index in [9.17, 15) is 9.18 Å². The van der Waals surface area contributed by atoms with E-state index in [2.05, 4.69) is 0 Å². The fraction of sp³-hybridized carbons (Fsp3) is 0.133. The SMILES string of the molecule is COc1ccc(-c2ccc(C)c(C(=O)O)c2)cc1F.